The number of furan rings is 1. The highest BCUT2D eigenvalue weighted by atomic mass is 16.4. The first kappa shape index (κ1) is 6.88. The highest BCUT2D eigenvalue weighted by Crippen LogP contribution is 2.43. The van der Waals surface area contributed by atoms with Gasteiger partial charge in [-0.25, -0.2) is 0 Å². The molecule has 3 N–H and O–H groups in total. The zero-order valence-corrected chi connectivity index (χ0v) is 6.16. The molecule has 0 aromatic carbocycles. The van der Waals surface area contributed by atoms with Crippen molar-refractivity contribution in [3.05, 3.63) is 24.2 Å². The minimum Gasteiger partial charge on any atom is -0.467 e. The molecular formula is C8H11NO2. The van der Waals surface area contributed by atoms with Crippen molar-refractivity contribution in [2.45, 2.75) is 24.5 Å². The third-order valence-corrected chi connectivity index (χ3v) is 2.18. The molecule has 0 radical (unpaired) electrons. The van der Waals surface area contributed by atoms with Crippen LogP contribution in [0.2, 0.25) is 0 Å². The molecule has 1 aliphatic rings. The smallest absolute Gasteiger partial charge is 0.134 e. The molecule has 1 heterocycles. The Morgan fingerprint density at radius 3 is 2.82 bits per heavy atom. The second kappa shape index (κ2) is 2.09. The van der Waals surface area contributed by atoms with Gasteiger partial charge in [0.15, 0.2) is 0 Å². The van der Waals surface area contributed by atoms with Gasteiger partial charge >= 0.3 is 0 Å². The fourth-order valence-electron chi connectivity index (χ4n) is 1.15. The van der Waals surface area contributed by atoms with E-state index < -0.39 is 11.6 Å². The number of aliphatic hydroxyl groups is 1. The monoisotopic (exact) mass is 153 g/mol. The summed E-state index contributed by atoms with van der Waals surface area (Å²) in [6, 6.07) is 3.50. The third kappa shape index (κ3) is 1.06. The van der Waals surface area contributed by atoms with Crippen LogP contribution in [0.25, 0.3) is 0 Å². The summed E-state index contributed by atoms with van der Waals surface area (Å²) in [5.41, 5.74) is 5.37. The standard InChI is InChI=1S/C8H11NO2/c9-8(3-4-8)7(10)6-2-1-5-11-6/h1-2,5,7,10H,3-4,9H2. The average Bonchev–Trinajstić information content (AvgIpc) is 2.54. The van der Waals surface area contributed by atoms with Crippen LogP contribution in [-0.2, 0) is 0 Å². The predicted molar refractivity (Wildman–Crippen MR) is 39.8 cm³/mol. The molecule has 0 saturated heterocycles. The molecular weight excluding hydrogens is 142 g/mol. The molecule has 1 unspecified atom stereocenters. The third-order valence-electron chi connectivity index (χ3n) is 2.18. The minimum atomic E-state index is -0.627. The highest BCUT2D eigenvalue weighted by Gasteiger charge is 2.46. The quantitative estimate of drug-likeness (QED) is 0.660. The normalized spacial score (nSPS) is 23.1. The van der Waals surface area contributed by atoms with Gasteiger partial charge in [0.25, 0.3) is 0 Å². The van der Waals surface area contributed by atoms with Crippen LogP contribution in [0, 0.1) is 0 Å². The van der Waals surface area contributed by atoms with Crippen molar-refractivity contribution in [1.29, 1.82) is 0 Å². The van der Waals surface area contributed by atoms with Crippen molar-refractivity contribution in [3.63, 3.8) is 0 Å². The Labute approximate surface area is 64.8 Å². The Balaban J connectivity index is 2.17. The molecule has 2 rings (SSSR count). The lowest BCUT2D eigenvalue weighted by Gasteiger charge is -2.14. The maximum absolute atomic E-state index is 9.59. The molecule has 11 heavy (non-hydrogen) atoms. The summed E-state index contributed by atoms with van der Waals surface area (Å²) in [6.45, 7) is 0. The number of nitrogens with two attached hydrogens (primary N) is 1. The Morgan fingerprint density at radius 2 is 2.36 bits per heavy atom. The first-order valence-electron chi connectivity index (χ1n) is 3.73. The molecule has 1 fully saturated rings. The molecule has 0 bridgehead atoms. The zero-order chi connectivity index (χ0) is 7.90. The van der Waals surface area contributed by atoms with E-state index in [4.69, 9.17) is 10.2 Å². The van der Waals surface area contributed by atoms with Crippen LogP contribution in [0.3, 0.4) is 0 Å². The minimum absolute atomic E-state index is 0.405. The van der Waals surface area contributed by atoms with Crippen molar-refractivity contribution in [1.82, 2.24) is 0 Å². The van der Waals surface area contributed by atoms with Crippen LogP contribution in [0.5, 0.6) is 0 Å². The van der Waals surface area contributed by atoms with E-state index in [1.807, 2.05) is 0 Å². The van der Waals surface area contributed by atoms with Crippen LogP contribution >= 0.6 is 0 Å². The summed E-state index contributed by atoms with van der Waals surface area (Å²) < 4.78 is 5.03. The summed E-state index contributed by atoms with van der Waals surface area (Å²) in [6.07, 6.45) is 2.69. The largest absolute Gasteiger partial charge is 0.467 e. The Hall–Kier alpha value is -0.800. The van der Waals surface area contributed by atoms with E-state index >= 15 is 0 Å². The van der Waals surface area contributed by atoms with Crippen molar-refractivity contribution in [2.75, 3.05) is 0 Å². The van der Waals surface area contributed by atoms with Crippen LogP contribution < -0.4 is 5.73 Å². The lowest BCUT2D eigenvalue weighted by atomic mass is 10.1. The molecule has 1 saturated carbocycles. The zero-order valence-electron chi connectivity index (χ0n) is 6.16. The van der Waals surface area contributed by atoms with Gasteiger partial charge < -0.3 is 15.3 Å². The summed E-state index contributed by atoms with van der Waals surface area (Å²) in [5.74, 6) is 0.574. The van der Waals surface area contributed by atoms with Crippen LogP contribution in [0.4, 0.5) is 0 Å². The number of rotatable bonds is 2. The van der Waals surface area contributed by atoms with Gasteiger partial charge in [0.2, 0.25) is 0 Å². The van der Waals surface area contributed by atoms with E-state index in [1.54, 1.807) is 18.4 Å². The second-order valence-electron chi connectivity index (χ2n) is 3.15. The fourth-order valence-corrected chi connectivity index (χ4v) is 1.15. The maximum Gasteiger partial charge on any atom is 0.134 e. The van der Waals surface area contributed by atoms with Crippen LogP contribution in [0.15, 0.2) is 22.8 Å². The van der Waals surface area contributed by atoms with E-state index in [1.165, 1.54) is 0 Å². The molecule has 3 heteroatoms. The summed E-state index contributed by atoms with van der Waals surface area (Å²) in [7, 11) is 0. The van der Waals surface area contributed by atoms with E-state index in [0.717, 1.165) is 12.8 Å². The molecule has 0 aliphatic heterocycles. The molecule has 0 spiro atoms. The van der Waals surface area contributed by atoms with Gasteiger partial charge in [-0.1, -0.05) is 0 Å². The Morgan fingerprint density at radius 1 is 1.64 bits per heavy atom. The highest BCUT2D eigenvalue weighted by molar-refractivity contribution is 5.15. The first-order chi connectivity index (χ1) is 5.22. The summed E-state index contributed by atoms with van der Waals surface area (Å²) in [5, 5.41) is 9.59. The Bertz CT molecular complexity index is 239. The van der Waals surface area contributed by atoms with Gasteiger partial charge in [-0.3, -0.25) is 0 Å². The van der Waals surface area contributed by atoms with Crippen molar-refractivity contribution in [3.8, 4) is 0 Å². The number of hydrogen-bond acceptors (Lipinski definition) is 3. The van der Waals surface area contributed by atoms with E-state index in [-0.39, 0.29) is 0 Å². The van der Waals surface area contributed by atoms with Gasteiger partial charge in [0.05, 0.1) is 6.26 Å². The van der Waals surface area contributed by atoms with Crippen LogP contribution in [-0.4, -0.2) is 10.6 Å². The van der Waals surface area contributed by atoms with E-state index in [0.29, 0.717) is 5.76 Å². The number of hydrogen-bond donors (Lipinski definition) is 2. The summed E-state index contributed by atoms with van der Waals surface area (Å²) in [4.78, 5) is 0. The molecule has 1 atom stereocenters. The molecule has 1 aromatic heterocycles. The number of aliphatic hydroxyl groups excluding tert-OH is 1. The lowest BCUT2D eigenvalue weighted by molar-refractivity contribution is 0.111. The van der Waals surface area contributed by atoms with E-state index in [9.17, 15) is 5.11 Å². The van der Waals surface area contributed by atoms with Gasteiger partial charge in [-0.15, -0.1) is 0 Å². The maximum atomic E-state index is 9.59. The fraction of sp³-hybridized carbons (Fsp3) is 0.500. The molecule has 60 valence electrons. The first-order valence-corrected chi connectivity index (χ1v) is 3.73. The van der Waals surface area contributed by atoms with Crippen molar-refractivity contribution < 1.29 is 9.52 Å². The van der Waals surface area contributed by atoms with Crippen molar-refractivity contribution >= 4 is 0 Å². The second-order valence-corrected chi connectivity index (χ2v) is 3.15. The molecule has 3 nitrogen and oxygen atoms in total. The van der Waals surface area contributed by atoms with Gasteiger partial charge in [0, 0.05) is 5.54 Å². The topological polar surface area (TPSA) is 59.4 Å². The Kier molecular flexibility index (Phi) is 1.31. The van der Waals surface area contributed by atoms with Gasteiger partial charge in [-0.05, 0) is 25.0 Å². The molecule has 0 amide bonds. The molecule has 1 aliphatic carbocycles. The lowest BCUT2D eigenvalue weighted by Crippen LogP contribution is -2.30. The van der Waals surface area contributed by atoms with Gasteiger partial charge in [0.1, 0.15) is 11.9 Å². The van der Waals surface area contributed by atoms with Crippen LogP contribution in [0.1, 0.15) is 24.7 Å². The SMILES string of the molecule is NC1(C(O)c2ccco2)CC1. The average molecular weight is 153 g/mol. The predicted octanol–water partition coefficient (Wildman–Crippen LogP) is 0.804. The van der Waals surface area contributed by atoms with Crippen molar-refractivity contribution in [2.24, 2.45) is 5.73 Å². The molecule has 1 aromatic rings. The van der Waals surface area contributed by atoms with Gasteiger partial charge in [-0.2, -0.15) is 0 Å². The van der Waals surface area contributed by atoms with E-state index in [2.05, 4.69) is 0 Å². The summed E-state index contributed by atoms with van der Waals surface area (Å²) >= 11 is 0.